The van der Waals surface area contributed by atoms with Crippen LogP contribution in [0.5, 0.6) is 0 Å². The normalized spacial score (nSPS) is 11.0. The van der Waals surface area contributed by atoms with Gasteiger partial charge >= 0.3 is 0 Å². The highest BCUT2D eigenvalue weighted by Crippen LogP contribution is 2.15. The molecule has 0 radical (unpaired) electrons. The van der Waals surface area contributed by atoms with Gasteiger partial charge in [0.15, 0.2) is 16.1 Å². The molecule has 4 aromatic rings. The lowest BCUT2D eigenvalue weighted by Gasteiger charge is -2.05. The van der Waals surface area contributed by atoms with Crippen molar-refractivity contribution in [3.05, 3.63) is 75.3 Å². The summed E-state index contributed by atoms with van der Waals surface area (Å²) < 4.78 is 7.23. The van der Waals surface area contributed by atoms with E-state index >= 15 is 0 Å². The Kier molecular flexibility index (Phi) is 4.13. The summed E-state index contributed by atoms with van der Waals surface area (Å²) in [4.78, 5) is 31.4. The molecule has 0 saturated carbocycles. The molecule has 0 aliphatic carbocycles. The number of aromatic amines is 1. The van der Waals surface area contributed by atoms with Crippen LogP contribution in [0.4, 0.5) is 0 Å². The third-order valence-electron chi connectivity index (χ3n) is 3.70. The minimum atomic E-state index is -0.407. The molecule has 4 rings (SSSR count). The largest absolute Gasteiger partial charge is 0.444 e. The zero-order valence-corrected chi connectivity index (χ0v) is 14.9. The average Bonchev–Trinajstić information content (AvgIpc) is 3.27. The fraction of sp³-hybridized carbons (Fsp3) is 0.0588. The van der Waals surface area contributed by atoms with Gasteiger partial charge < -0.3 is 14.7 Å². The lowest BCUT2D eigenvalue weighted by atomic mass is 10.3. The maximum Gasteiger partial charge on any atom is 0.287 e. The lowest BCUT2D eigenvalue weighted by Crippen LogP contribution is -2.25. The van der Waals surface area contributed by atoms with Crippen LogP contribution in [-0.4, -0.2) is 25.7 Å². The number of carbonyl (C=O) groups is 1. The first-order valence-electron chi connectivity index (χ1n) is 7.68. The summed E-state index contributed by atoms with van der Waals surface area (Å²) >= 11 is 3.14. The lowest BCUT2D eigenvalue weighted by molar-refractivity contribution is 0.0921. The number of halogens is 1. The number of H-pyrrole nitrogens is 1. The van der Waals surface area contributed by atoms with Gasteiger partial charge in [0.05, 0.1) is 18.4 Å². The molecular formula is C17H12BrN5O3. The topological polar surface area (TPSA) is 106 Å². The van der Waals surface area contributed by atoms with E-state index in [1.807, 2.05) is 30.3 Å². The molecule has 0 aliphatic heterocycles. The molecule has 0 aliphatic rings. The standard InChI is InChI=1S/C17H12BrN5O3/c18-13-7-6-12(26-13)17(25)19-9-14-21-15-11(16(24)22-14)8-20-23(15)10-4-2-1-3-5-10/h1-8H,9H2,(H,19,25)(H,21,22,24). The Labute approximate surface area is 155 Å². The third kappa shape index (κ3) is 3.04. The second-order valence-electron chi connectivity index (χ2n) is 5.43. The van der Waals surface area contributed by atoms with Crippen molar-refractivity contribution in [2.24, 2.45) is 0 Å². The summed E-state index contributed by atoms with van der Waals surface area (Å²) in [6.07, 6.45) is 1.47. The Morgan fingerprint density at radius 1 is 1.23 bits per heavy atom. The quantitative estimate of drug-likeness (QED) is 0.534. The fourth-order valence-corrected chi connectivity index (χ4v) is 2.80. The molecule has 3 aromatic heterocycles. The van der Waals surface area contributed by atoms with Gasteiger partial charge in [-0.15, -0.1) is 0 Å². The van der Waals surface area contributed by atoms with Crippen molar-refractivity contribution in [1.82, 2.24) is 25.1 Å². The molecule has 9 heteroatoms. The number of furan rings is 1. The second-order valence-corrected chi connectivity index (χ2v) is 6.21. The van der Waals surface area contributed by atoms with Gasteiger partial charge in [-0.25, -0.2) is 9.67 Å². The SMILES string of the molecule is O=C(NCc1nc2c(cnn2-c2ccccc2)c(=O)[nH]1)c1ccc(Br)o1. The molecule has 0 spiro atoms. The van der Waals surface area contributed by atoms with E-state index in [1.54, 1.807) is 16.8 Å². The van der Waals surface area contributed by atoms with Gasteiger partial charge in [0.2, 0.25) is 0 Å². The molecule has 0 atom stereocenters. The minimum Gasteiger partial charge on any atom is -0.444 e. The monoisotopic (exact) mass is 413 g/mol. The van der Waals surface area contributed by atoms with Gasteiger partial charge in [-0.2, -0.15) is 5.10 Å². The first kappa shape index (κ1) is 16.3. The highest BCUT2D eigenvalue weighted by Gasteiger charge is 2.14. The number of amides is 1. The highest BCUT2D eigenvalue weighted by molar-refractivity contribution is 9.10. The van der Waals surface area contributed by atoms with Crippen LogP contribution >= 0.6 is 15.9 Å². The maximum atomic E-state index is 12.3. The number of hydrogen-bond acceptors (Lipinski definition) is 5. The molecule has 2 N–H and O–H groups in total. The van der Waals surface area contributed by atoms with Crippen LogP contribution in [0.2, 0.25) is 0 Å². The van der Waals surface area contributed by atoms with Gasteiger partial charge in [-0.05, 0) is 40.2 Å². The van der Waals surface area contributed by atoms with Gasteiger partial charge in [0, 0.05) is 0 Å². The van der Waals surface area contributed by atoms with E-state index in [4.69, 9.17) is 4.42 Å². The molecule has 130 valence electrons. The summed E-state index contributed by atoms with van der Waals surface area (Å²) in [7, 11) is 0. The minimum absolute atomic E-state index is 0.0440. The van der Waals surface area contributed by atoms with Gasteiger partial charge in [-0.1, -0.05) is 18.2 Å². The molecule has 1 amide bonds. The van der Waals surface area contributed by atoms with Gasteiger partial charge in [-0.3, -0.25) is 9.59 Å². The Hall–Kier alpha value is -3.20. The third-order valence-corrected chi connectivity index (χ3v) is 4.13. The van der Waals surface area contributed by atoms with Crippen LogP contribution in [-0.2, 0) is 6.54 Å². The Bertz CT molecular complexity index is 1150. The van der Waals surface area contributed by atoms with Crippen LogP contribution < -0.4 is 10.9 Å². The van der Waals surface area contributed by atoms with E-state index in [0.29, 0.717) is 21.5 Å². The molecule has 1 aromatic carbocycles. The van der Waals surface area contributed by atoms with Crippen LogP contribution in [0.3, 0.4) is 0 Å². The van der Waals surface area contributed by atoms with E-state index in [0.717, 1.165) is 5.69 Å². The predicted molar refractivity (Wildman–Crippen MR) is 97.1 cm³/mol. The molecule has 3 heterocycles. The van der Waals surface area contributed by atoms with Crippen LogP contribution in [0, 0.1) is 0 Å². The number of nitrogens with zero attached hydrogens (tertiary/aromatic N) is 3. The van der Waals surface area contributed by atoms with Gasteiger partial charge in [0.1, 0.15) is 11.2 Å². The molecule has 0 saturated heterocycles. The van der Waals surface area contributed by atoms with Crippen molar-refractivity contribution in [3.63, 3.8) is 0 Å². The highest BCUT2D eigenvalue weighted by atomic mass is 79.9. The number of hydrogen-bond donors (Lipinski definition) is 2. The van der Waals surface area contributed by atoms with Crippen molar-refractivity contribution in [2.45, 2.75) is 6.54 Å². The molecular weight excluding hydrogens is 402 g/mol. The Morgan fingerprint density at radius 3 is 2.77 bits per heavy atom. The predicted octanol–water partition coefficient (Wildman–Crippen LogP) is 2.39. The van der Waals surface area contributed by atoms with Crippen LogP contribution in [0.25, 0.3) is 16.7 Å². The molecule has 0 unspecified atom stereocenters. The van der Waals surface area contributed by atoms with Crippen molar-refractivity contribution in [1.29, 1.82) is 0 Å². The zero-order chi connectivity index (χ0) is 18.1. The summed E-state index contributed by atoms with van der Waals surface area (Å²) in [6, 6.07) is 12.5. The molecule has 0 bridgehead atoms. The van der Waals surface area contributed by atoms with Crippen LogP contribution in [0.1, 0.15) is 16.4 Å². The Balaban J connectivity index is 1.64. The fourth-order valence-electron chi connectivity index (χ4n) is 2.49. The van der Waals surface area contributed by atoms with E-state index in [1.165, 1.54) is 6.20 Å². The van der Waals surface area contributed by atoms with Crippen molar-refractivity contribution in [2.75, 3.05) is 0 Å². The molecule has 0 fully saturated rings. The summed E-state index contributed by atoms with van der Waals surface area (Å²) in [5.74, 6) is 0.0730. The van der Waals surface area contributed by atoms with Crippen molar-refractivity contribution < 1.29 is 9.21 Å². The maximum absolute atomic E-state index is 12.3. The zero-order valence-electron chi connectivity index (χ0n) is 13.3. The summed E-state index contributed by atoms with van der Waals surface area (Å²) in [5.41, 5.74) is 0.892. The number of nitrogens with one attached hydrogen (secondary N) is 2. The number of fused-ring (bicyclic) bond motifs is 1. The number of para-hydroxylation sites is 1. The first-order valence-corrected chi connectivity index (χ1v) is 8.47. The van der Waals surface area contributed by atoms with Crippen molar-refractivity contribution >= 4 is 32.9 Å². The summed E-state index contributed by atoms with van der Waals surface area (Å²) in [5, 5.41) is 7.27. The van der Waals surface area contributed by atoms with E-state index < -0.39 is 5.91 Å². The van der Waals surface area contributed by atoms with Crippen molar-refractivity contribution in [3.8, 4) is 5.69 Å². The van der Waals surface area contributed by atoms with Crippen LogP contribution in [0.15, 0.2) is 62.5 Å². The van der Waals surface area contributed by atoms with Gasteiger partial charge in [0.25, 0.3) is 11.5 Å². The summed E-state index contributed by atoms with van der Waals surface area (Å²) in [6.45, 7) is 0.0440. The Morgan fingerprint density at radius 2 is 2.04 bits per heavy atom. The first-order chi connectivity index (χ1) is 12.6. The smallest absolute Gasteiger partial charge is 0.287 e. The number of carbonyl (C=O) groups excluding carboxylic acids is 1. The number of rotatable bonds is 4. The molecule has 26 heavy (non-hydrogen) atoms. The average molecular weight is 414 g/mol. The number of benzene rings is 1. The van der Waals surface area contributed by atoms with E-state index in [-0.39, 0.29) is 17.9 Å². The van der Waals surface area contributed by atoms with E-state index in [2.05, 4.69) is 36.3 Å². The number of aromatic nitrogens is 4. The molecule has 8 nitrogen and oxygen atoms in total. The second kappa shape index (κ2) is 6.60. The van der Waals surface area contributed by atoms with E-state index in [9.17, 15) is 9.59 Å².